The number of carbonyl (C=O) groups is 1. The molecule has 1 aliphatic rings. The maximum absolute atomic E-state index is 12.8. The van der Waals surface area contributed by atoms with Crippen molar-refractivity contribution in [1.29, 1.82) is 0 Å². The predicted octanol–water partition coefficient (Wildman–Crippen LogP) is 0.978. The number of alkyl halides is 2. The van der Waals surface area contributed by atoms with Crippen LogP contribution >= 0.6 is 0 Å². The number of methoxy groups -OCH3 is 1. The highest BCUT2D eigenvalue weighted by atomic mass is 32.2. The van der Waals surface area contributed by atoms with Gasteiger partial charge in [-0.2, -0.15) is 8.78 Å². The molecule has 0 aromatic heterocycles. The number of ether oxygens (including phenoxy) is 1. The molecule has 2 rings (SSSR count). The Bertz CT molecular complexity index is 658. The summed E-state index contributed by atoms with van der Waals surface area (Å²) in [6.07, 6.45) is 0. The fraction of sp³-hybridized carbons (Fsp3) is 0.500. The van der Waals surface area contributed by atoms with Crippen molar-refractivity contribution in [2.45, 2.75) is 10.7 Å². The highest BCUT2D eigenvalue weighted by Crippen LogP contribution is 2.29. The van der Waals surface area contributed by atoms with Crippen LogP contribution in [0.25, 0.3) is 0 Å². The van der Waals surface area contributed by atoms with Crippen LogP contribution in [0.15, 0.2) is 29.2 Å². The van der Waals surface area contributed by atoms with Crippen LogP contribution in [-0.2, 0) is 19.4 Å². The number of carbonyl (C=O) groups excluding carboxylic acids is 1. The largest absolute Gasteiger partial charge is 0.375 e. The van der Waals surface area contributed by atoms with E-state index in [2.05, 4.69) is 0 Å². The van der Waals surface area contributed by atoms with Crippen molar-refractivity contribution in [3.8, 4) is 0 Å². The molecule has 1 aromatic carbocycles. The van der Waals surface area contributed by atoms with Gasteiger partial charge in [-0.3, -0.25) is 4.79 Å². The maximum atomic E-state index is 12.8. The van der Waals surface area contributed by atoms with E-state index in [4.69, 9.17) is 4.74 Å². The summed E-state index contributed by atoms with van der Waals surface area (Å²) in [7, 11) is -3.24. The molecular formula is C14H18F2N2O4S. The lowest BCUT2D eigenvalue weighted by Gasteiger charge is -2.36. The molecule has 0 radical (unpaired) electrons. The average Bonchev–Trinajstić information content (AvgIpc) is 2.55. The maximum Gasteiger partial charge on any atom is 0.341 e. The Morgan fingerprint density at radius 3 is 2.39 bits per heavy atom. The van der Waals surface area contributed by atoms with E-state index >= 15 is 0 Å². The number of benzene rings is 1. The van der Waals surface area contributed by atoms with Gasteiger partial charge >= 0.3 is 5.76 Å². The lowest BCUT2D eigenvalue weighted by atomic mass is 10.2. The summed E-state index contributed by atoms with van der Waals surface area (Å²) in [6.45, 7) is 1.48. The van der Waals surface area contributed by atoms with Crippen LogP contribution in [0.2, 0.25) is 0 Å². The first-order chi connectivity index (χ1) is 10.9. The number of hydrogen-bond acceptors (Lipinski definition) is 5. The topological polar surface area (TPSA) is 66.9 Å². The zero-order valence-electron chi connectivity index (χ0n) is 12.6. The first kappa shape index (κ1) is 17.6. The van der Waals surface area contributed by atoms with E-state index in [0.717, 1.165) is 0 Å². The van der Waals surface area contributed by atoms with E-state index in [1.54, 1.807) is 15.9 Å². The Labute approximate surface area is 133 Å². The van der Waals surface area contributed by atoms with Gasteiger partial charge in [-0.1, -0.05) is 12.1 Å². The van der Waals surface area contributed by atoms with Gasteiger partial charge in [-0.25, -0.2) is 8.42 Å². The highest BCUT2D eigenvalue weighted by molar-refractivity contribution is 7.91. The average molecular weight is 348 g/mol. The summed E-state index contributed by atoms with van der Waals surface area (Å²) in [5.41, 5.74) is 0.242. The quantitative estimate of drug-likeness (QED) is 0.794. The molecule has 23 heavy (non-hydrogen) atoms. The van der Waals surface area contributed by atoms with E-state index in [1.165, 1.54) is 25.3 Å². The Morgan fingerprint density at radius 2 is 1.83 bits per heavy atom. The SMILES string of the molecule is COCC(=O)N1CCN(c2ccccc2S(=O)(=O)C(F)F)CC1. The molecule has 1 fully saturated rings. The zero-order chi connectivity index (χ0) is 17.0. The van der Waals surface area contributed by atoms with Gasteiger partial charge in [0.25, 0.3) is 0 Å². The third kappa shape index (κ3) is 3.78. The number of halogens is 2. The second-order valence-corrected chi connectivity index (χ2v) is 6.96. The van der Waals surface area contributed by atoms with Gasteiger partial charge in [-0.15, -0.1) is 0 Å². The standard InChI is InChI=1S/C14H18F2N2O4S/c1-22-10-13(19)18-8-6-17(7-9-18)11-4-2-3-5-12(11)23(20,21)14(15)16/h2-5,14H,6-10H2,1H3. The molecule has 0 unspecified atom stereocenters. The number of hydrogen-bond donors (Lipinski definition) is 0. The second kappa shape index (κ2) is 7.22. The lowest BCUT2D eigenvalue weighted by molar-refractivity contribution is -0.135. The Hall–Kier alpha value is -1.74. The van der Waals surface area contributed by atoms with Crippen molar-refractivity contribution in [2.24, 2.45) is 0 Å². The van der Waals surface area contributed by atoms with Gasteiger partial charge in [0.1, 0.15) is 6.61 Å². The predicted molar refractivity (Wildman–Crippen MR) is 80.3 cm³/mol. The normalized spacial score (nSPS) is 16.0. The van der Waals surface area contributed by atoms with Crippen LogP contribution in [0.1, 0.15) is 0 Å². The minimum atomic E-state index is -4.67. The third-order valence-electron chi connectivity index (χ3n) is 3.65. The van der Waals surface area contributed by atoms with Gasteiger partial charge in [0.2, 0.25) is 15.7 Å². The van der Waals surface area contributed by atoms with Crippen molar-refractivity contribution < 1.29 is 26.7 Å². The van der Waals surface area contributed by atoms with E-state index in [-0.39, 0.29) is 23.1 Å². The summed E-state index contributed by atoms with van der Waals surface area (Å²) in [5, 5.41) is 0. The molecule has 0 spiro atoms. The van der Waals surface area contributed by atoms with Crippen LogP contribution in [-0.4, -0.2) is 64.9 Å². The van der Waals surface area contributed by atoms with E-state index in [9.17, 15) is 22.0 Å². The van der Waals surface area contributed by atoms with Crippen LogP contribution in [0.4, 0.5) is 14.5 Å². The molecule has 1 saturated heterocycles. The minimum absolute atomic E-state index is 0.0175. The molecule has 1 aromatic rings. The molecule has 0 atom stereocenters. The van der Waals surface area contributed by atoms with E-state index in [0.29, 0.717) is 26.2 Å². The number of para-hydroxylation sites is 1. The highest BCUT2D eigenvalue weighted by Gasteiger charge is 2.31. The second-order valence-electron chi connectivity index (χ2n) is 5.07. The molecule has 1 aliphatic heterocycles. The summed E-state index contributed by atoms with van der Waals surface area (Å²) in [6, 6.07) is 5.70. The number of nitrogens with zero attached hydrogens (tertiary/aromatic N) is 2. The van der Waals surface area contributed by atoms with Crippen molar-refractivity contribution in [1.82, 2.24) is 4.90 Å². The monoisotopic (exact) mass is 348 g/mol. The number of piperazine rings is 1. The minimum Gasteiger partial charge on any atom is -0.375 e. The molecular weight excluding hydrogens is 330 g/mol. The zero-order valence-corrected chi connectivity index (χ0v) is 13.4. The number of rotatable bonds is 5. The number of amides is 1. The van der Waals surface area contributed by atoms with Gasteiger partial charge in [-0.05, 0) is 12.1 Å². The van der Waals surface area contributed by atoms with Crippen molar-refractivity contribution in [3.05, 3.63) is 24.3 Å². The number of anilines is 1. The van der Waals surface area contributed by atoms with Crippen LogP contribution in [0.5, 0.6) is 0 Å². The van der Waals surface area contributed by atoms with Crippen molar-refractivity contribution in [3.63, 3.8) is 0 Å². The van der Waals surface area contributed by atoms with Crippen LogP contribution in [0, 0.1) is 0 Å². The number of sulfone groups is 1. The molecule has 1 heterocycles. The molecule has 0 N–H and O–H groups in total. The Kier molecular flexibility index (Phi) is 5.53. The molecule has 1 amide bonds. The molecule has 6 nitrogen and oxygen atoms in total. The molecule has 0 bridgehead atoms. The van der Waals surface area contributed by atoms with Crippen molar-refractivity contribution in [2.75, 3.05) is 44.8 Å². The van der Waals surface area contributed by atoms with E-state index in [1.807, 2.05) is 0 Å². The van der Waals surface area contributed by atoms with Gasteiger partial charge in [0, 0.05) is 33.3 Å². The molecule has 0 saturated carbocycles. The van der Waals surface area contributed by atoms with Gasteiger partial charge in [0.05, 0.1) is 10.6 Å². The summed E-state index contributed by atoms with van der Waals surface area (Å²) in [5.74, 6) is -3.62. The summed E-state index contributed by atoms with van der Waals surface area (Å²) in [4.78, 5) is 14.7. The summed E-state index contributed by atoms with van der Waals surface area (Å²) >= 11 is 0. The Balaban J connectivity index is 2.18. The molecule has 9 heteroatoms. The lowest BCUT2D eigenvalue weighted by Crippen LogP contribution is -2.50. The molecule has 128 valence electrons. The molecule has 0 aliphatic carbocycles. The smallest absolute Gasteiger partial charge is 0.341 e. The fourth-order valence-electron chi connectivity index (χ4n) is 2.47. The van der Waals surface area contributed by atoms with Crippen LogP contribution < -0.4 is 4.90 Å². The van der Waals surface area contributed by atoms with Crippen LogP contribution in [0.3, 0.4) is 0 Å². The van der Waals surface area contributed by atoms with Gasteiger partial charge < -0.3 is 14.5 Å². The third-order valence-corrected chi connectivity index (χ3v) is 5.07. The van der Waals surface area contributed by atoms with Crippen molar-refractivity contribution >= 4 is 21.4 Å². The fourth-order valence-corrected chi connectivity index (χ4v) is 3.42. The first-order valence-corrected chi connectivity index (χ1v) is 8.55. The first-order valence-electron chi connectivity index (χ1n) is 7.00. The summed E-state index contributed by atoms with van der Waals surface area (Å²) < 4.78 is 54.0. The van der Waals surface area contributed by atoms with Gasteiger partial charge in [0.15, 0.2) is 0 Å². The van der Waals surface area contributed by atoms with E-state index < -0.39 is 15.6 Å². The Morgan fingerprint density at radius 1 is 1.22 bits per heavy atom.